The molecular formula is C21H21N3O3. The minimum atomic E-state index is 0.0824. The van der Waals surface area contributed by atoms with E-state index in [4.69, 9.17) is 9.47 Å². The van der Waals surface area contributed by atoms with Crippen molar-refractivity contribution in [1.29, 1.82) is 0 Å². The van der Waals surface area contributed by atoms with Crippen LogP contribution in [0.5, 0.6) is 11.5 Å². The van der Waals surface area contributed by atoms with Crippen molar-refractivity contribution in [3.63, 3.8) is 0 Å². The van der Waals surface area contributed by atoms with Crippen molar-refractivity contribution < 1.29 is 14.3 Å². The van der Waals surface area contributed by atoms with E-state index in [2.05, 4.69) is 10.2 Å². The molecule has 1 amide bonds. The van der Waals surface area contributed by atoms with Crippen LogP contribution in [0.3, 0.4) is 0 Å². The van der Waals surface area contributed by atoms with E-state index < -0.39 is 0 Å². The third kappa shape index (κ3) is 3.26. The van der Waals surface area contributed by atoms with Crippen LogP contribution in [0.2, 0.25) is 0 Å². The molecule has 0 fully saturated rings. The first kappa shape index (κ1) is 17.1. The highest BCUT2D eigenvalue weighted by molar-refractivity contribution is 5.83. The number of hydrogen-bond acceptors (Lipinski definition) is 4. The summed E-state index contributed by atoms with van der Waals surface area (Å²) in [5, 5.41) is 7.57. The van der Waals surface area contributed by atoms with Gasteiger partial charge in [0.05, 0.1) is 38.6 Å². The fourth-order valence-corrected chi connectivity index (χ4v) is 3.43. The Balaban J connectivity index is 1.59. The molecular weight excluding hydrogens is 342 g/mol. The second kappa shape index (κ2) is 7.15. The Kier molecular flexibility index (Phi) is 4.54. The number of benzene rings is 2. The number of methoxy groups -OCH3 is 2. The number of hydrogen-bond donors (Lipinski definition) is 1. The van der Waals surface area contributed by atoms with Crippen LogP contribution in [0.15, 0.2) is 48.5 Å². The van der Waals surface area contributed by atoms with Crippen LogP contribution in [-0.2, 0) is 24.3 Å². The van der Waals surface area contributed by atoms with Crippen LogP contribution >= 0.6 is 0 Å². The molecule has 2 heterocycles. The minimum absolute atomic E-state index is 0.0824. The quantitative estimate of drug-likeness (QED) is 0.756. The molecule has 0 saturated heterocycles. The zero-order valence-electron chi connectivity index (χ0n) is 15.4. The molecule has 27 heavy (non-hydrogen) atoms. The van der Waals surface area contributed by atoms with Crippen molar-refractivity contribution in [3.05, 3.63) is 65.4 Å². The molecule has 1 aliphatic heterocycles. The lowest BCUT2D eigenvalue weighted by Crippen LogP contribution is -2.35. The first-order valence-electron chi connectivity index (χ1n) is 8.80. The smallest absolute Gasteiger partial charge is 0.227 e. The van der Waals surface area contributed by atoms with Gasteiger partial charge in [-0.3, -0.25) is 9.89 Å². The number of rotatable bonds is 5. The molecule has 6 nitrogen and oxygen atoms in total. The van der Waals surface area contributed by atoms with E-state index in [1.807, 2.05) is 53.4 Å². The van der Waals surface area contributed by atoms with Gasteiger partial charge in [0.25, 0.3) is 0 Å². The van der Waals surface area contributed by atoms with Crippen LogP contribution in [0.1, 0.15) is 16.8 Å². The first-order chi connectivity index (χ1) is 13.2. The lowest BCUT2D eigenvalue weighted by molar-refractivity contribution is -0.132. The molecule has 1 aliphatic rings. The third-order valence-electron chi connectivity index (χ3n) is 4.89. The van der Waals surface area contributed by atoms with Crippen molar-refractivity contribution in [2.75, 3.05) is 14.2 Å². The first-order valence-corrected chi connectivity index (χ1v) is 8.80. The molecule has 0 atom stereocenters. The van der Waals surface area contributed by atoms with E-state index in [1.165, 1.54) is 0 Å². The molecule has 0 radical (unpaired) electrons. The highest BCUT2D eigenvalue weighted by atomic mass is 16.5. The van der Waals surface area contributed by atoms with Gasteiger partial charge in [-0.25, -0.2) is 0 Å². The molecule has 0 unspecified atom stereocenters. The van der Waals surface area contributed by atoms with E-state index in [-0.39, 0.29) is 5.91 Å². The van der Waals surface area contributed by atoms with Gasteiger partial charge in [0.1, 0.15) is 11.5 Å². The maximum atomic E-state index is 12.8. The number of carbonyl (C=O) groups is 1. The molecule has 0 aliphatic carbocycles. The van der Waals surface area contributed by atoms with Gasteiger partial charge >= 0.3 is 0 Å². The molecule has 138 valence electrons. The molecule has 3 aromatic rings. The molecule has 1 N–H and O–H groups in total. The zero-order chi connectivity index (χ0) is 18.8. The summed E-state index contributed by atoms with van der Waals surface area (Å²) < 4.78 is 10.7. The second-order valence-corrected chi connectivity index (χ2v) is 6.50. The highest BCUT2D eigenvalue weighted by Crippen LogP contribution is 2.31. The van der Waals surface area contributed by atoms with Gasteiger partial charge < -0.3 is 14.4 Å². The predicted octanol–water partition coefficient (Wildman–Crippen LogP) is 3.18. The summed E-state index contributed by atoms with van der Waals surface area (Å²) in [6.07, 6.45) is 0.342. The summed E-state index contributed by atoms with van der Waals surface area (Å²) in [7, 11) is 3.24. The Morgan fingerprint density at radius 3 is 2.67 bits per heavy atom. The number of aromatic nitrogens is 2. The average molecular weight is 363 g/mol. The molecule has 0 bridgehead atoms. The Bertz CT molecular complexity index is 966. The number of aromatic amines is 1. The van der Waals surface area contributed by atoms with Gasteiger partial charge in [0.2, 0.25) is 5.91 Å². The largest absolute Gasteiger partial charge is 0.497 e. The summed E-state index contributed by atoms with van der Waals surface area (Å²) in [6, 6.07) is 15.6. The average Bonchev–Trinajstić information content (AvgIpc) is 3.11. The summed E-state index contributed by atoms with van der Waals surface area (Å²) in [4.78, 5) is 14.6. The fourth-order valence-electron chi connectivity index (χ4n) is 3.43. The number of fused-ring (bicyclic) bond motifs is 1. The number of ether oxygens (including phenoxy) is 2. The van der Waals surface area contributed by atoms with E-state index in [9.17, 15) is 4.79 Å². The Labute approximate surface area is 157 Å². The van der Waals surface area contributed by atoms with Crippen molar-refractivity contribution >= 4 is 5.91 Å². The highest BCUT2D eigenvalue weighted by Gasteiger charge is 2.28. The SMILES string of the molecule is COc1ccc(CN2Cc3[nH]nc(-c4ccccc4)c3CC2=O)c(OC)c1. The summed E-state index contributed by atoms with van der Waals surface area (Å²) in [5.74, 6) is 1.52. The lowest BCUT2D eigenvalue weighted by Gasteiger charge is -2.27. The standard InChI is InChI=1S/C21H21N3O3/c1-26-16-9-8-15(19(10-16)27-2)12-24-13-18-17(11-20(24)25)21(23-22-18)14-6-4-3-5-7-14/h3-10H,11-13H2,1-2H3,(H,22,23). The zero-order valence-corrected chi connectivity index (χ0v) is 15.4. The number of amides is 1. The summed E-state index contributed by atoms with van der Waals surface area (Å²) in [5.41, 5.74) is 4.80. The third-order valence-corrected chi connectivity index (χ3v) is 4.89. The van der Waals surface area contributed by atoms with E-state index in [0.717, 1.165) is 33.8 Å². The normalized spacial score (nSPS) is 13.4. The predicted molar refractivity (Wildman–Crippen MR) is 102 cm³/mol. The Morgan fingerprint density at radius 1 is 1.11 bits per heavy atom. The van der Waals surface area contributed by atoms with Crippen LogP contribution in [0.25, 0.3) is 11.3 Å². The number of carbonyl (C=O) groups excluding carboxylic acids is 1. The van der Waals surface area contributed by atoms with Gasteiger partial charge in [0, 0.05) is 29.3 Å². The van der Waals surface area contributed by atoms with Crippen LogP contribution in [0, 0.1) is 0 Å². The van der Waals surface area contributed by atoms with E-state index >= 15 is 0 Å². The van der Waals surface area contributed by atoms with Crippen molar-refractivity contribution in [3.8, 4) is 22.8 Å². The van der Waals surface area contributed by atoms with Crippen LogP contribution < -0.4 is 9.47 Å². The van der Waals surface area contributed by atoms with Gasteiger partial charge in [-0.15, -0.1) is 0 Å². The number of nitrogens with one attached hydrogen (secondary N) is 1. The second-order valence-electron chi connectivity index (χ2n) is 6.50. The summed E-state index contributed by atoms with van der Waals surface area (Å²) in [6.45, 7) is 0.980. The Hall–Kier alpha value is -3.28. The molecule has 0 saturated carbocycles. The molecule has 4 rings (SSSR count). The summed E-state index contributed by atoms with van der Waals surface area (Å²) >= 11 is 0. The molecule has 2 aromatic carbocycles. The molecule has 0 spiro atoms. The molecule has 6 heteroatoms. The van der Waals surface area contributed by atoms with E-state index in [0.29, 0.717) is 25.3 Å². The van der Waals surface area contributed by atoms with Crippen molar-refractivity contribution in [1.82, 2.24) is 15.1 Å². The maximum Gasteiger partial charge on any atom is 0.227 e. The van der Waals surface area contributed by atoms with E-state index in [1.54, 1.807) is 14.2 Å². The van der Waals surface area contributed by atoms with Crippen molar-refractivity contribution in [2.45, 2.75) is 19.5 Å². The fraction of sp³-hybridized carbons (Fsp3) is 0.238. The van der Waals surface area contributed by atoms with Gasteiger partial charge in [-0.05, 0) is 12.1 Å². The topological polar surface area (TPSA) is 67.5 Å². The van der Waals surface area contributed by atoms with Crippen LogP contribution in [0.4, 0.5) is 0 Å². The number of nitrogens with zero attached hydrogens (tertiary/aromatic N) is 2. The number of H-pyrrole nitrogens is 1. The van der Waals surface area contributed by atoms with Gasteiger partial charge in [0.15, 0.2) is 0 Å². The minimum Gasteiger partial charge on any atom is -0.497 e. The monoisotopic (exact) mass is 363 g/mol. The molecule has 1 aromatic heterocycles. The van der Waals surface area contributed by atoms with Gasteiger partial charge in [-0.2, -0.15) is 5.10 Å². The van der Waals surface area contributed by atoms with Crippen molar-refractivity contribution in [2.24, 2.45) is 0 Å². The Morgan fingerprint density at radius 2 is 1.93 bits per heavy atom. The maximum absolute atomic E-state index is 12.8. The lowest BCUT2D eigenvalue weighted by atomic mass is 9.99. The van der Waals surface area contributed by atoms with Gasteiger partial charge in [-0.1, -0.05) is 30.3 Å². The van der Waals surface area contributed by atoms with Crippen LogP contribution in [-0.4, -0.2) is 35.2 Å².